The summed E-state index contributed by atoms with van der Waals surface area (Å²) in [7, 11) is 0. The van der Waals surface area contributed by atoms with Crippen molar-refractivity contribution in [2.75, 3.05) is 4.90 Å². The number of anilines is 1. The zero-order chi connectivity index (χ0) is 19.9. The van der Waals surface area contributed by atoms with Crippen LogP contribution in [0.1, 0.15) is 24.8 Å². The fourth-order valence-corrected chi connectivity index (χ4v) is 3.67. The Morgan fingerprint density at radius 2 is 1.93 bits per heavy atom. The fraction of sp³-hybridized carbons (Fsp3) is 0.200. The number of hydrogen-bond donors (Lipinski definition) is 1. The van der Waals surface area contributed by atoms with Crippen LogP contribution in [0.2, 0.25) is 5.02 Å². The number of nitrogens with zero attached hydrogens (tertiary/aromatic N) is 3. The smallest absolute Gasteiger partial charge is 0.264 e. The van der Waals surface area contributed by atoms with E-state index in [2.05, 4.69) is 10.2 Å². The standard InChI is InChI=1S/C20H16ClN3O4/c1-12(25)10-20(27)14-8-5-9-15(21)17(14)24(19(20)26)11-16-22-23-18(28-16)13-6-3-2-4-7-13/h2-9,27H,10-11H2,1H3. The van der Waals surface area contributed by atoms with Gasteiger partial charge < -0.3 is 9.52 Å². The Hall–Kier alpha value is -3.03. The largest absolute Gasteiger partial charge is 0.419 e. The lowest BCUT2D eigenvalue weighted by Crippen LogP contribution is -2.41. The summed E-state index contributed by atoms with van der Waals surface area (Å²) < 4.78 is 5.68. The van der Waals surface area contributed by atoms with E-state index in [1.807, 2.05) is 30.3 Å². The number of fused-ring (bicyclic) bond motifs is 1. The number of rotatable bonds is 5. The first kappa shape index (κ1) is 18.3. The van der Waals surface area contributed by atoms with Gasteiger partial charge in [-0.25, -0.2) is 0 Å². The van der Waals surface area contributed by atoms with Crippen molar-refractivity contribution >= 4 is 29.0 Å². The Balaban J connectivity index is 1.70. The summed E-state index contributed by atoms with van der Waals surface area (Å²) in [5, 5.41) is 19.3. The van der Waals surface area contributed by atoms with Gasteiger partial charge in [0.2, 0.25) is 11.8 Å². The van der Waals surface area contributed by atoms with Gasteiger partial charge >= 0.3 is 0 Å². The number of ketones is 1. The molecule has 1 aliphatic rings. The van der Waals surface area contributed by atoms with E-state index in [9.17, 15) is 14.7 Å². The first-order valence-electron chi connectivity index (χ1n) is 8.61. The number of halogens is 1. The topological polar surface area (TPSA) is 96.5 Å². The van der Waals surface area contributed by atoms with Crippen LogP contribution in [0.4, 0.5) is 5.69 Å². The van der Waals surface area contributed by atoms with Gasteiger partial charge in [0.05, 0.1) is 10.7 Å². The van der Waals surface area contributed by atoms with Crippen LogP contribution < -0.4 is 4.90 Å². The van der Waals surface area contributed by atoms with E-state index in [-0.39, 0.29) is 29.7 Å². The van der Waals surface area contributed by atoms with Crippen molar-refractivity contribution in [1.29, 1.82) is 0 Å². The summed E-state index contributed by atoms with van der Waals surface area (Å²) in [6.45, 7) is 1.25. The molecule has 0 spiro atoms. The third-order valence-corrected chi connectivity index (χ3v) is 4.89. The lowest BCUT2D eigenvalue weighted by atomic mass is 9.90. The number of benzene rings is 2. The van der Waals surface area contributed by atoms with Crippen molar-refractivity contribution < 1.29 is 19.1 Å². The number of hydrogen-bond acceptors (Lipinski definition) is 6. The van der Waals surface area contributed by atoms with E-state index < -0.39 is 11.5 Å². The van der Waals surface area contributed by atoms with Crippen molar-refractivity contribution in [3.63, 3.8) is 0 Å². The Bertz CT molecular complexity index is 1070. The molecule has 1 unspecified atom stereocenters. The third-order valence-electron chi connectivity index (χ3n) is 4.59. The van der Waals surface area contributed by atoms with E-state index in [4.69, 9.17) is 16.0 Å². The molecule has 7 nitrogen and oxygen atoms in total. The van der Waals surface area contributed by atoms with E-state index in [0.717, 1.165) is 5.56 Å². The van der Waals surface area contributed by atoms with Gasteiger partial charge in [-0.3, -0.25) is 14.5 Å². The van der Waals surface area contributed by atoms with E-state index in [1.165, 1.54) is 11.8 Å². The molecule has 1 amide bonds. The molecule has 2 heterocycles. The highest BCUT2D eigenvalue weighted by atomic mass is 35.5. The maximum atomic E-state index is 13.0. The van der Waals surface area contributed by atoms with Crippen molar-refractivity contribution in [2.24, 2.45) is 0 Å². The van der Waals surface area contributed by atoms with Crippen LogP contribution >= 0.6 is 11.6 Å². The summed E-state index contributed by atoms with van der Waals surface area (Å²) in [5.41, 5.74) is -0.574. The highest BCUT2D eigenvalue weighted by Crippen LogP contribution is 2.46. The van der Waals surface area contributed by atoms with Gasteiger partial charge in [-0.15, -0.1) is 10.2 Å². The normalized spacial score (nSPS) is 18.4. The van der Waals surface area contributed by atoms with Gasteiger partial charge in [0.25, 0.3) is 5.91 Å². The van der Waals surface area contributed by atoms with Gasteiger partial charge in [0.1, 0.15) is 12.3 Å². The van der Waals surface area contributed by atoms with E-state index >= 15 is 0 Å². The van der Waals surface area contributed by atoms with E-state index in [1.54, 1.807) is 18.2 Å². The number of aromatic nitrogens is 2. The van der Waals surface area contributed by atoms with E-state index in [0.29, 0.717) is 17.1 Å². The second kappa shape index (κ2) is 6.85. The van der Waals surface area contributed by atoms with Gasteiger partial charge in [0, 0.05) is 17.5 Å². The molecule has 0 bridgehead atoms. The number of carbonyl (C=O) groups is 2. The van der Waals surface area contributed by atoms with Crippen LogP contribution in [0, 0.1) is 0 Å². The first-order valence-corrected chi connectivity index (χ1v) is 8.98. The first-order chi connectivity index (χ1) is 13.4. The summed E-state index contributed by atoms with van der Waals surface area (Å²) in [6.07, 6.45) is -0.339. The predicted molar refractivity (Wildman–Crippen MR) is 102 cm³/mol. The third kappa shape index (κ3) is 2.98. The maximum absolute atomic E-state index is 13.0. The second-order valence-corrected chi connectivity index (χ2v) is 7.04. The van der Waals surface area contributed by atoms with Gasteiger partial charge in [-0.05, 0) is 25.1 Å². The number of aliphatic hydroxyl groups is 1. The van der Waals surface area contributed by atoms with Gasteiger partial charge in [-0.2, -0.15) is 0 Å². The Labute approximate surface area is 165 Å². The second-order valence-electron chi connectivity index (χ2n) is 6.63. The molecule has 28 heavy (non-hydrogen) atoms. The van der Waals surface area contributed by atoms with Crippen LogP contribution in [0.25, 0.3) is 11.5 Å². The molecule has 2 aromatic carbocycles. The van der Waals surface area contributed by atoms with Crippen molar-refractivity contribution in [1.82, 2.24) is 10.2 Å². The highest BCUT2D eigenvalue weighted by molar-refractivity contribution is 6.35. The predicted octanol–water partition coefficient (Wildman–Crippen LogP) is 3.10. The minimum atomic E-state index is -1.96. The van der Waals surface area contributed by atoms with Crippen molar-refractivity contribution in [3.05, 3.63) is 65.0 Å². The van der Waals surface area contributed by atoms with Crippen LogP contribution in [0.3, 0.4) is 0 Å². The summed E-state index contributed by atoms with van der Waals surface area (Å²) in [6, 6.07) is 14.1. The molecule has 0 aliphatic carbocycles. The fourth-order valence-electron chi connectivity index (χ4n) is 3.40. The molecule has 1 aliphatic heterocycles. The Kier molecular flexibility index (Phi) is 4.49. The average molecular weight is 398 g/mol. The number of carbonyl (C=O) groups excluding carboxylic acids is 2. The zero-order valence-corrected chi connectivity index (χ0v) is 15.7. The molecule has 1 atom stereocenters. The van der Waals surface area contributed by atoms with Crippen molar-refractivity contribution in [2.45, 2.75) is 25.5 Å². The molecule has 3 aromatic rings. The molecule has 4 rings (SSSR count). The Morgan fingerprint density at radius 1 is 1.18 bits per heavy atom. The molecule has 1 aromatic heterocycles. The molecule has 1 N–H and O–H groups in total. The number of Topliss-reactive ketones (excluding diaryl/α,β-unsaturated/α-hetero) is 1. The maximum Gasteiger partial charge on any atom is 0.264 e. The summed E-state index contributed by atoms with van der Waals surface area (Å²) >= 11 is 6.30. The highest BCUT2D eigenvalue weighted by Gasteiger charge is 2.51. The monoisotopic (exact) mass is 397 g/mol. The molecule has 0 saturated carbocycles. The molecule has 0 radical (unpaired) electrons. The molecular formula is C20H16ClN3O4. The minimum Gasteiger partial charge on any atom is -0.419 e. The molecule has 0 fully saturated rings. The lowest BCUT2D eigenvalue weighted by Gasteiger charge is -2.21. The average Bonchev–Trinajstić information content (AvgIpc) is 3.21. The number of para-hydroxylation sites is 1. The van der Waals surface area contributed by atoms with Crippen LogP contribution in [0.15, 0.2) is 52.9 Å². The molecular weight excluding hydrogens is 382 g/mol. The van der Waals surface area contributed by atoms with Crippen LogP contribution in [-0.4, -0.2) is 27.0 Å². The zero-order valence-electron chi connectivity index (χ0n) is 14.9. The summed E-state index contributed by atoms with van der Waals surface area (Å²) in [5.74, 6) is -0.455. The minimum absolute atomic E-state index is 0.0738. The summed E-state index contributed by atoms with van der Waals surface area (Å²) in [4.78, 5) is 26.0. The van der Waals surface area contributed by atoms with Crippen LogP contribution in [-0.2, 0) is 21.7 Å². The van der Waals surface area contributed by atoms with Crippen molar-refractivity contribution in [3.8, 4) is 11.5 Å². The molecule has 0 saturated heterocycles. The molecule has 142 valence electrons. The van der Waals surface area contributed by atoms with Gasteiger partial charge in [0.15, 0.2) is 5.60 Å². The Morgan fingerprint density at radius 3 is 2.64 bits per heavy atom. The number of amides is 1. The quantitative estimate of drug-likeness (QED) is 0.710. The lowest BCUT2D eigenvalue weighted by molar-refractivity contribution is -0.141. The SMILES string of the molecule is CC(=O)CC1(O)C(=O)N(Cc2nnc(-c3ccccc3)o2)c2c(Cl)cccc21. The molecule has 8 heteroatoms. The van der Waals surface area contributed by atoms with Crippen LogP contribution in [0.5, 0.6) is 0 Å². The van der Waals surface area contributed by atoms with Gasteiger partial charge in [-0.1, -0.05) is 41.9 Å².